The number of rotatable bonds is 2. The number of carbonyl (C=O) groups is 1. The minimum Gasteiger partial charge on any atom is -0.363 e. The molecule has 0 saturated heterocycles. The number of aromatic nitrogens is 3. The minimum absolute atomic E-state index is 0.144. The summed E-state index contributed by atoms with van der Waals surface area (Å²) >= 11 is 0. The Labute approximate surface area is 82.3 Å². The molecule has 1 aliphatic heterocycles. The van der Waals surface area contributed by atoms with Gasteiger partial charge < -0.3 is 5.73 Å². The van der Waals surface area contributed by atoms with Crippen LogP contribution in [0.3, 0.4) is 0 Å². The lowest BCUT2D eigenvalue weighted by Crippen LogP contribution is -2.16. The Balaban J connectivity index is 2.35. The first-order valence-electron chi connectivity index (χ1n) is 4.85. The minimum atomic E-state index is -0.547. The molecule has 1 aromatic rings. The van der Waals surface area contributed by atoms with Gasteiger partial charge in [0.15, 0.2) is 0 Å². The van der Waals surface area contributed by atoms with Crippen LogP contribution in [0.15, 0.2) is 0 Å². The summed E-state index contributed by atoms with van der Waals surface area (Å²) in [6.45, 7) is 4.29. The summed E-state index contributed by atoms with van der Waals surface area (Å²) in [5, 5.41) is 4.12. The van der Waals surface area contributed by atoms with Crippen molar-refractivity contribution in [3.63, 3.8) is 0 Å². The van der Waals surface area contributed by atoms with Gasteiger partial charge >= 0.3 is 0 Å². The Morgan fingerprint density at radius 2 is 2.36 bits per heavy atom. The highest BCUT2D eigenvalue weighted by atomic mass is 16.1. The normalized spacial score (nSPS) is 20.1. The van der Waals surface area contributed by atoms with Crippen molar-refractivity contribution in [1.29, 1.82) is 0 Å². The van der Waals surface area contributed by atoms with Gasteiger partial charge in [0.2, 0.25) is 5.82 Å². The predicted molar refractivity (Wildman–Crippen MR) is 50.7 cm³/mol. The van der Waals surface area contributed by atoms with E-state index in [1.807, 2.05) is 4.68 Å². The molecule has 2 N–H and O–H groups in total. The van der Waals surface area contributed by atoms with Gasteiger partial charge in [-0.3, -0.25) is 4.79 Å². The van der Waals surface area contributed by atoms with Crippen molar-refractivity contribution < 1.29 is 4.79 Å². The van der Waals surface area contributed by atoms with E-state index in [0.717, 1.165) is 18.7 Å². The van der Waals surface area contributed by atoms with Crippen LogP contribution in [0.4, 0.5) is 0 Å². The number of nitrogens with zero attached hydrogens (tertiary/aromatic N) is 3. The summed E-state index contributed by atoms with van der Waals surface area (Å²) < 4.78 is 1.85. The molecule has 2 heterocycles. The Morgan fingerprint density at radius 1 is 1.64 bits per heavy atom. The molecule has 14 heavy (non-hydrogen) atoms. The first-order chi connectivity index (χ1) is 6.59. The second-order valence-electron chi connectivity index (χ2n) is 4.01. The van der Waals surface area contributed by atoms with Crippen LogP contribution in [0.25, 0.3) is 0 Å². The van der Waals surface area contributed by atoms with Gasteiger partial charge in [-0.05, 0) is 12.3 Å². The van der Waals surface area contributed by atoms with Gasteiger partial charge in [-0.1, -0.05) is 13.8 Å². The lowest BCUT2D eigenvalue weighted by Gasteiger charge is -2.14. The van der Waals surface area contributed by atoms with Crippen LogP contribution in [0.2, 0.25) is 0 Å². The second-order valence-corrected chi connectivity index (χ2v) is 4.01. The number of amides is 1. The first-order valence-corrected chi connectivity index (χ1v) is 4.85. The van der Waals surface area contributed by atoms with E-state index in [9.17, 15) is 4.79 Å². The van der Waals surface area contributed by atoms with Gasteiger partial charge in [0, 0.05) is 6.42 Å². The van der Waals surface area contributed by atoms with Crippen molar-refractivity contribution in [3.05, 3.63) is 11.6 Å². The second kappa shape index (κ2) is 3.08. The quantitative estimate of drug-likeness (QED) is 0.745. The third kappa shape index (κ3) is 1.29. The number of hydrogen-bond acceptors (Lipinski definition) is 3. The molecule has 1 aliphatic rings. The molecule has 1 atom stereocenters. The van der Waals surface area contributed by atoms with E-state index in [1.165, 1.54) is 0 Å². The Hall–Kier alpha value is -1.39. The first kappa shape index (κ1) is 9.18. The van der Waals surface area contributed by atoms with Crippen LogP contribution >= 0.6 is 0 Å². The third-order valence-corrected chi connectivity index (χ3v) is 2.67. The summed E-state index contributed by atoms with van der Waals surface area (Å²) in [4.78, 5) is 15.0. The van der Waals surface area contributed by atoms with Crippen molar-refractivity contribution in [2.75, 3.05) is 0 Å². The molecule has 5 heteroatoms. The van der Waals surface area contributed by atoms with Crippen molar-refractivity contribution in [1.82, 2.24) is 14.8 Å². The summed E-state index contributed by atoms with van der Waals surface area (Å²) in [5.41, 5.74) is 5.12. The van der Waals surface area contributed by atoms with E-state index in [4.69, 9.17) is 5.73 Å². The Kier molecular flexibility index (Phi) is 2.02. The van der Waals surface area contributed by atoms with E-state index >= 15 is 0 Å². The molecule has 1 amide bonds. The molecule has 0 bridgehead atoms. The van der Waals surface area contributed by atoms with Crippen LogP contribution < -0.4 is 5.73 Å². The number of carbonyl (C=O) groups excluding carboxylic acids is 1. The van der Waals surface area contributed by atoms with Gasteiger partial charge in [0.05, 0.1) is 6.04 Å². The highest BCUT2D eigenvalue weighted by Crippen LogP contribution is 2.29. The van der Waals surface area contributed by atoms with Gasteiger partial charge in [0.25, 0.3) is 5.91 Å². The fraction of sp³-hybridized carbons (Fsp3) is 0.667. The lowest BCUT2D eigenvalue weighted by atomic mass is 10.0. The lowest BCUT2D eigenvalue weighted by molar-refractivity contribution is 0.0989. The van der Waals surface area contributed by atoms with Crippen LogP contribution in [-0.4, -0.2) is 20.7 Å². The molecule has 0 fully saturated rings. The molecule has 76 valence electrons. The van der Waals surface area contributed by atoms with E-state index in [2.05, 4.69) is 23.9 Å². The average molecular weight is 194 g/mol. The molecule has 0 radical (unpaired) electrons. The number of fused-ring (bicyclic) bond motifs is 1. The highest BCUT2D eigenvalue weighted by Gasteiger charge is 2.28. The smallest absolute Gasteiger partial charge is 0.288 e. The molecular weight excluding hydrogens is 180 g/mol. The van der Waals surface area contributed by atoms with Gasteiger partial charge in [-0.25, -0.2) is 9.67 Å². The molecule has 0 aromatic carbocycles. The fourth-order valence-corrected chi connectivity index (χ4v) is 1.91. The molecular formula is C9H14N4O. The fourth-order valence-electron chi connectivity index (χ4n) is 1.91. The van der Waals surface area contributed by atoms with E-state index in [-0.39, 0.29) is 5.82 Å². The van der Waals surface area contributed by atoms with E-state index in [0.29, 0.717) is 12.0 Å². The topological polar surface area (TPSA) is 73.8 Å². The Morgan fingerprint density at radius 3 is 2.93 bits per heavy atom. The van der Waals surface area contributed by atoms with Gasteiger partial charge in [-0.15, -0.1) is 5.10 Å². The zero-order chi connectivity index (χ0) is 10.3. The predicted octanol–water partition coefficient (Wildman–Crippen LogP) is 0.520. The maximum atomic E-state index is 10.9. The molecule has 1 unspecified atom stereocenters. The van der Waals surface area contributed by atoms with Crippen molar-refractivity contribution >= 4 is 5.91 Å². The monoisotopic (exact) mass is 194 g/mol. The zero-order valence-electron chi connectivity index (χ0n) is 8.40. The molecule has 0 spiro atoms. The number of primary amides is 1. The largest absolute Gasteiger partial charge is 0.363 e. The standard InChI is InChI=1S/C9H14N4O/c1-5(2)6-3-4-7-11-9(8(10)14)12-13(6)7/h5-6H,3-4H2,1-2H3,(H2,10,14). The molecule has 5 nitrogen and oxygen atoms in total. The van der Waals surface area contributed by atoms with E-state index < -0.39 is 5.91 Å². The molecule has 0 saturated carbocycles. The molecule has 0 aliphatic carbocycles. The third-order valence-electron chi connectivity index (χ3n) is 2.67. The number of nitrogens with two attached hydrogens (primary N) is 1. The average Bonchev–Trinajstić information content (AvgIpc) is 2.58. The number of hydrogen-bond donors (Lipinski definition) is 1. The van der Waals surface area contributed by atoms with Crippen LogP contribution in [0.1, 0.15) is 42.8 Å². The van der Waals surface area contributed by atoms with Crippen molar-refractivity contribution in [2.45, 2.75) is 32.7 Å². The van der Waals surface area contributed by atoms with E-state index in [1.54, 1.807) is 0 Å². The highest BCUT2D eigenvalue weighted by molar-refractivity contribution is 5.88. The Bertz CT molecular complexity index is 369. The summed E-state index contributed by atoms with van der Waals surface area (Å²) in [5.74, 6) is 0.996. The zero-order valence-corrected chi connectivity index (χ0v) is 8.40. The van der Waals surface area contributed by atoms with Crippen molar-refractivity contribution in [3.8, 4) is 0 Å². The molecule has 1 aromatic heterocycles. The van der Waals surface area contributed by atoms with Crippen LogP contribution in [0, 0.1) is 5.92 Å². The van der Waals surface area contributed by atoms with Gasteiger partial charge in [0.1, 0.15) is 5.82 Å². The van der Waals surface area contributed by atoms with Crippen LogP contribution in [0.5, 0.6) is 0 Å². The number of aryl methyl sites for hydroxylation is 1. The summed E-state index contributed by atoms with van der Waals surface area (Å²) in [6.07, 6.45) is 1.95. The van der Waals surface area contributed by atoms with Crippen LogP contribution in [-0.2, 0) is 6.42 Å². The van der Waals surface area contributed by atoms with Gasteiger partial charge in [-0.2, -0.15) is 0 Å². The SMILES string of the molecule is CC(C)C1CCc2nc(C(N)=O)nn21. The van der Waals surface area contributed by atoms with Crippen molar-refractivity contribution in [2.24, 2.45) is 11.7 Å². The molecule has 2 rings (SSSR count). The maximum absolute atomic E-state index is 10.9. The maximum Gasteiger partial charge on any atom is 0.288 e. The summed E-state index contributed by atoms with van der Waals surface area (Å²) in [7, 11) is 0. The summed E-state index contributed by atoms with van der Waals surface area (Å²) in [6, 6.07) is 0.366.